The second-order valence-corrected chi connectivity index (χ2v) is 3.11. The molecule has 1 heterocycles. The highest BCUT2D eigenvalue weighted by atomic mass is 16.5. The Kier molecular flexibility index (Phi) is 3.16. The van der Waals surface area contributed by atoms with Crippen LogP contribution in [0.5, 0.6) is 0 Å². The Balaban J connectivity index is 2.01. The van der Waals surface area contributed by atoms with E-state index in [1.54, 1.807) is 0 Å². The summed E-state index contributed by atoms with van der Waals surface area (Å²) in [7, 11) is 0. The average molecular weight is 144 g/mol. The van der Waals surface area contributed by atoms with Gasteiger partial charge in [-0.3, -0.25) is 0 Å². The lowest BCUT2D eigenvalue weighted by Gasteiger charge is -2.10. The maximum atomic E-state index is 5.45. The summed E-state index contributed by atoms with van der Waals surface area (Å²) in [6, 6.07) is 0. The average Bonchev–Trinajstić information content (AvgIpc) is 2.34. The largest absolute Gasteiger partial charge is 0.381 e. The van der Waals surface area contributed by atoms with E-state index in [0.717, 1.165) is 19.8 Å². The van der Waals surface area contributed by atoms with Crippen LogP contribution in [0.4, 0.5) is 0 Å². The second-order valence-electron chi connectivity index (χ2n) is 3.11. The molecular weight excluding hydrogens is 128 g/mol. The highest BCUT2D eigenvalue weighted by molar-refractivity contribution is 4.62. The van der Waals surface area contributed by atoms with Crippen molar-refractivity contribution in [2.45, 2.75) is 26.4 Å². The summed E-state index contributed by atoms with van der Waals surface area (Å²) in [6.45, 7) is 6.82. The van der Waals surface area contributed by atoms with Gasteiger partial charge in [0, 0.05) is 12.5 Å². The first-order valence-corrected chi connectivity index (χ1v) is 3.98. The van der Waals surface area contributed by atoms with E-state index in [4.69, 9.17) is 9.47 Å². The van der Waals surface area contributed by atoms with Crippen molar-refractivity contribution in [3.8, 4) is 0 Å². The highest BCUT2D eigenvalue weighted by Gasteiger charge is 2.15. The molecule has 0 saturated carbocycles. The van der Waals surface area contributed by atoms with Gasteiger partial charge >= 0.3 is 0 Å². The van der Waals surface area contributed by atoms with Crippen LogP contribution >= 0.6 is 0 Å². The van der Waals surface area contributed by atoms with E-state index in [1.807, 2.05) is 0 Å². The van der Waals surface area contributed by atoms with Crippen molar-refractivity contribution in [3.05, 3.63) is 0 Å². The standard InChI is InChI=1S/C8H16O2/c1-7(2)10-6-8-3-4-9-5-8/h7-8H,3-6H2,1-2H3/t8-/m1/s1. The fraction of sp³-hybridized carbons (Fsp3) is 1.00. The van der Waals surface area contributed by atoms with E-state index in [9.17, 15) is 0 Å². The zero-order chi connectivity index (χ0) is 7.40. The predicted molar refractivity (Wildman–Crippen MR) is 40.0 cm³/mol. The van der Waals surface area contributed by atoms with Crippen molar-refractivity contribution in [2.24, 2.45) is 5.92 Å². The summed E-state index contributed by atoms with van der Waals surface area (Å²) in [5.74, 6) is 0.655. The summed E-state index contributed by atoms with van der Waals surface area (Å²) in [5.41, 5.74) is 0. The van der Waals surface area contributed by atoms with E-state index >= 15 is 0 Å². The van der Waals surface area contributed by atoms with Gasteiger partial charge in [0.05, 0.1) is 19.3 Å². The molecule has 0 amide bonds. The Morgan fingerprint density at radius 2 is 2.40 bits per heavy atom. The molecule has 1 aliphatic rings. The summed E-state index contributed by atoms with van der Waals surface area (Å²) in [5, 5.41) is 0. The number of ether oxygens (including phenoxy) is 2. The van der Waals surface area contributed by atoms with E-state index in [-0.39, 0.29) is 0 Å². The first-order valence-electron chi connectivity index (χ1n) is 3.98. The summed E-state index contributed by atoms with van der Waals surface area (Å²) in [6.07, 6.45) is 1.53. The molecule has 0 spiro atoms. The molecule has 1 atom stereocenters. The monoisotopic (exact) mass is 144 g/mol. The second kappa shape index (κ2) is 3.94. The van der Waals surface area contributed by atoms with Crippen LogP contribution in [0.3, 0.4) is 0 Å². The van der Waals surface area contributed by atoms with Crippen LogP contribution in [-0.4, -0.2) is 25.9 Å². The van der Waals surface area contributed by atoms with Crippen LogP contribution in [0.15, 0.2) is 0 Å². The van der Waals surface area contributed by atoms with Crippen molar-refractivity contribution in [2.75, 3.05) is 19.8 Å². The Labute approximate surface area is 62.5 Å². The molecule has 0 radical (unpaired) electrons. The normalized spacial score (nSPS) is 26.1. The summed E-state index contributed by atoms with van der Waals surface area (Å²) >= 11 is 0. The van der Waals surface area contributed by atoms with Crippen molar-refractivity contribution in [3.63, 3.8) is 0 Å². The van der Waals surface area contributed by atoms with Crippen molar-refractivity contribution < 1.29 is 9.47 Å². The molecule has 0 aliphatic carbocycles. The van der Waals surface area contributed by atoms with Crippen LogP contribution in [0, 0.1) is 5.92 Å². The lowest BCUT2D eigenvalue weighted by molar-refractivity contribution is 0.0470. The van der Waals surface area contributed by atoms with E-state index in [2.05, 4.69) is 13.8 Å². The number of hydrogen-bond acceptors (Lipinski definition) is 2. The van der Waals surface area contributed by atoms with Crippen LogP contribution < -0.4 is 0 Å². The lowest BCUT2D eigenvalue weighted by Crippen LogP contribution is -2.13. The van der Waals surface area contributed by atoms with Gasteiger partial charge in [-0.15, -0.1) is 0 Å². The van der Waals surface area contributed by atoms with Gasteiger partial charge in [0.1, 0.15) is 0 Å². The minimum Gasteiger partial charge on any atom is -0.381 e. The lowest BCUT2D eigenvalue weighted by atomic mass is 10.1. The molecule has 0 aromatic heterocycles. The molecule has 0 aromatic carbocycles. The van der Waals surface area contributed by atoms with Gasteiger partial charge in [0.15, 0.2) is 0 Å². The fourth-order valence-electron chi connectivity index (χ4n) is 1.04. The Morgan fingerprint density at radius 3 is 2.90 bits per heavy atom. The quantitative estimate of drug-likeness (QED) is 0.597. The summed E-state index contributed by atoms with van der Waals surface area (Å²) < 4.78 is 10.7. The first-order chi connectivity index (χ1) is 4.79. The molecule has 0 N–H and O–H groups in total. The van der Waals surface area contributed by atoms with Gasteiger partial charge in [-0.2, -0.15) is 0 Å². The van der Waals surface area contributed by atoms with Gasteiger partial charge < -0.3 is 9.47 Å². The maximum absolute atomic E-state index is 5.45. The Morgan fingerprint density at radius 1 is 1.60 bits per heavy atom. The van der Waals surface area contributed by atoms with E-state index < -0.39 is 0 Å². The Bertz CT molecular complexity index is 85.3. The minimum atomic E-state index is 0.362. The third-order valence-electron chi connectivity index (χ3n) is 1.69. The smallest absolute Gasteiger partial charge is 0.0520 e. The van der Waals surface area contributed by atoms with E-state index in [0.29, 0.717) is 12.0 Å². The topological polar surface area (TPSA) is 18.5 Å². The molecule has 2 heteroatoms. The predicted octanol–water partition coefficient (Wildman–Crippen LogP) is 1.45. The van der Waals surface area contributed by atoms with Gasteiger partial charge in [0.2, 0.25) is 0 Å². The molecule has 10 heavy (non-hydrogen) atoms. The van der Waals surface area contributed by atoms with Crippen LogP contribution in [0.1, 0.15) is 20.3 Å². The third-order valence-corrected chi connectivity index (χ3v) is 1.69. The molecule has 1 rings (SSSR count). The SMILES string of the molecule is CC(C)OC[C@@H]1CCOC1. The molecule has 1 saturated heterocycles. The van der Waals surface area contributed by atoms with Gasteiger partial charge in [-0.25, -0.2) is 0 Å². The molecule has 1 aliphatic heterocycles. The molecular formula is C8H16O2. The third kappa shape index (κ3) is 2.67. The molecule has 2 nitrogen and oxygen atoms in total. The van der Waals surface area contributed by atoms with Gasteiger partial charge in [-0.1, -0.05) is 0 Å². The fourth-order valence-corrected chi connectivity index (χ4v) is 1.04. The zero-order valence-corrected chi connectivity index (χ0v) is 6.80. The minimum absolute atomic E-state index is 0.362. The van der Waals surface area contributed by atoms with Crippen molar-refractivity contribution in [1.82, 2.24) is 0 Å². The van der Waals surface area contributed by atoms with Gasteiger partial charge in [-0.05, 0) is 20.3 Å². The zero-order valence-electron chi connectivity index (χ0n) is 6.80. The van der Waals surface area contributed by atoms with Crippen LogP contribution in [0.2, 0.25) is 0 Å². The number of hydrogen-bond donors (Lipinski definition) is 0. The van der Waals surface area contributed by atoms with Crippen molar-refractivity contribution in [1.29, 1.82) is 0 Å². The van der Waals surface area contributed by atoms with Crippen LogP contribution in [0.25, 0.3) is 0 Å². The molecule has 0 bridgehead atoms. The van der Waals surface area contributed by atoms with E-state index in [1.165, 1.54) is 6.42 Å². The molecule has 0 aromatic rings. The summed E-state index contributed by atoms with van der Waals surface area (Å²) in [4.78, 5) is 0. The first kappa shape index (κ1) is 8.02. The molecule has 0 unspecified atom stereocenters. The maximum Gasteiger partial charge on any atom is 0.0520 e. The van der Waals surface area contributed by atoms with Crippen LogP contribution in [-0.2, 0) is 9.47 Å². The Hall–Kier alpha value is -0.0800. The van der Waals surface area contributed by atoms with Gasteiger partial charge in [0.25, 0.3) is 0 Å². The molecule has 1 fully saturated rings. The molecule has 60 valence electrons. The van der Waals surface area contributed by atoms with Crippen molar-refractivity contribution >= 4 is 0 Å². The number of rotatable bonds is 3. The highest BCUT2D eigenvalue weighted by Crippen LogP contribution is 2.12.